The molecular weight excluding hydrogens is 180 g/mol. The van der Waals surface area contributed by atoms with Crippen molar-refractivity contribution in [3.05, 3.63) is 12.3 Å². The topological polar surface area (TPSA) is 61.7 Å². The van der Waals surface area contributed by atoms with E-state index in [0.717, 1.165) is 18.2 Å². The van der Waals surface area contributed by atoms with E-state index < -0.39 is 5.97 Å². The van der Waals surface area contributed by atoms with Crippen LogP contribution < -0.4 is 5.43 Å². The molecule has 0 amide bonds. The quantitative estimate of drug-likeness (QED) is 0.403. The molecule has 0 rings (SSSR count). The average Bonchev–Trinajstić information content (AvgIpc) is 2.11. The van der Waals surface area contributed by atoms with Gasteiger partial charge in [0.25, 0.3) is 0 Å². The molecular formula is C10H18N2O2. The van der Waals surface area contributed by atoms with E-state index in [1.54, 1.807) is 0 Å². The third-order valence-electron chi connectivity index (χ3n) is 2.40. The Morgan fingerprint density at radius 1 is 1.57 bits per heavy atom. The van der Waals surface area contributed by atoms with Crippen molar-refractivity contribution in [1.29, 1.82) is 0 Å². The highest BCUT2D eigenvalue weighted by Crippen LogP contribution is 2.21. The van der Waals surface area contributed by atoms with Crippen LogP contribution in [0.25, 0.3) is 0 Å². The van der Waals surface area contributed by atoms with Gasteiger partial charge in [0.2, 0.25) is 0 Å². The lowest BCUT2D eigenvalue weighted by atomic mass is 9.86. The molecule has 4 heteroatoms. The van der Waals surface area contributed by atoms with Crippen molar-refractivity contribution in [3.63, 3.8) is 0 Å². The summed E-state index contributed by atoms with van der Waals surface area (Å²) in [6, 6.07) is 0. The summed E-state index contributed by atoms with van der Waals surface area (Å²) in [5.74, 6) is -0.986. The van der Waals surface area contributed by atoms with Crippen molar-refractivity contribution >= 4 is 11.7 Å². The molecule has 0 aromatic carbocycles. The summed E-state index contributed by atoms with van der Waals surface area (Å²) in [5.41, 5.74) is 3.58. The summed E-state index contributed by atoms with van der Waals surface area (Å²) < 4.78 is 0. The number of hydrogen-bond donors (Lipinski definition) is 2. The molecule has 0 atom stereocenters. The van der Waals surface area contributed by atoms with E-state index in [4.69, 9.17) is 5.11 Å². The third kappa shape index (κ3) is 4.64. The predicted octanol–water partition coefficient (Wildman–Crippen LogP) is 1.99. The molecule has 80 valence electrons. The Labute approximate surface area is 84.7 Å². The number of hydrogen-bond acceptors (Lipinski definition) is 3. The normalized spacial score (nSPS) is 13.3. The van der Waals surface area contributed by atoms with Crippen LogP contribution in [0.15, 0.2) is 17.4 Å². The standard InChI is InChI=1S/C10H18N2O2/c1-5-10(3,4)8(2)12-11-7-6-9(13)14/h6-7,11H,5H2,1-4H3,(H,13,14). The molecule has 0 aliphatic heterocycles. The van der Waals surface area contributed by atoms with Crippen molar-refractivity contribution in [2.75, 3.05) is 0 Å². The van der Waals surface area contributed by atoms with Crippen molar-refractivity contribution < 1.29 is 9.90 Å². The van der Waals surface area contributed by atoms with Gasteiger partial charge in [-0.05, 0) is 13.3 Å². The molecule has 0 aliphatic rings. The Kier molecular flexibility index (Phi) is 4.91. The van der Waals surface area contributed by atoms with E-state index in [9.17, 15) is 4.79 Å². The van der Waals surface area contributed by atoms with E-state index in [-0.39, 0.29) is 5.41 Å². The highest BCUT2D eigenvalue weighted by molar-refractivity contribution is 5.87. The molecule has 0 spiro atoms. The molecule has 0 heterocycles. The van der Waals surface area contributed by atoms with Gasteiger partial charge in [0.15, 0.2) is 0 Å². The largest absolute Gasteiger partial charge is 0.478 e. The first-order valence-corrected chi connectivity index (χ1v) is 4.60. The monoisotopic (exact) mass is 198 g/mol. The number of nitrogens with one attached hydrogen (secondary N) is 1. The van der Waals surface area contributed by atoms with E-state index in [2.05, 4.69) is 31.3 Å². The minimum absolute atomic E-state index is 0.0457. The second kappa shape index (κ2) is 5.42. The van der Waals surface area contributed by atoms with Gasteiger partial charge in [-0.2, -0.15) is 5.10 Å². The zero-order valence-corrected chi connectivity index (χ0v) is 9.16. The fraction of sp³-hybridized carbons (Fsp3) is 0.600. The first-order valence-electron chi connectivity index (χ1n) is 4.60. The molecule has 2 N–H and O–H groups in total. The number of hydrazone groups is 1. The number of carboxylic acids is 1. The lowest BCUT2D eigenvalue weighted by Gasteiger charge is -2.21. The first-order chi connectivity index (χ1) is 6.40. The fourth-order valence-corrected chi connectivity index (χ4v) is 0.650. The molecule has 0 aromatic rings. The van der Waals surface area contributed by atoms with Gasteiger partial charge in [0.1, 0.15) is 0 Å². The average molecular weight is 198 g/mol. The third-order valence-corrected chi connectivity index (χ3v) is 2.40. The van der Waals surface area contributed by atoms with Gasteiger partial charge in [-0.25, -0.2) is 4.79 Å². The molecule has 0 saturated heterocycles. The molecule has 0 bridgehead atoms. The van der Waals surface area contributed by atoms with Crippen LogP contribution in [0, 0.1) is 5.41 Å². The highest BCUT2D eigenvalue weighted by atomic mass is 16.4. The number of aliphatic carboxylic acids is 1. The van der Waals surface area contributed by atoms with E-state index in [1.807, 2.05) is 6.92 Å². The maximum absolute atomic E-state index is 10.1. The van der Waals surface area contributed by atoms with Gasteiger partial charge in [-0.15, -0.1) is 0 Å². The zero-order chi connectivity index (χ0) is 11.2. The summed E-state index contributed by atoms with van der Waals surface area (Å²) in [7, 11) is 0. The summed E-state index contributed by atoms with van der Waals surface area (Å²) in [5, 5.41) is 12.4. The van der Waals surface area contributed by atoms with Gasteiger partial charge in [0, 0.05) is 23.4 Å². The fourth-order valence-electron chi connectivity index (χ4n) is 0.650. The predicted molar refractivity (Wildman–Crippen MR) is 57.1 cm³/mol. The molecule has 4 nitrogen and oxygen atoms in total. The van der Waals surface area contributed by atoms with Crippen molar-refractivity contribution in [2.24, 2.45) is 10.5 Å². The minimum Gasteiger partial charge on any atom is -0.478 e. The van der Waals surface area contributed by atoms with Crippen molar-refractivity contribution in [2.45, 2.75) is 34.1 Å². The van der Waals surface area contributed by atoms with E-state index in [1.165, 1.54) is 6.20 Å². The van der Waals surface area contributed by atoms with Crippen LogP contribution in [0.1, 0.15) is 34.1 Å². The van der Waals surface area contributed by atoms with Crippen LogP contribution in [0.3, 0.4) is 0 Å². The molecule has 14 heavy (non-hydrogen) atoms. The maximum atomic E-state index is 10.1. The Balaban J connectivity index is 4.20. The Morgan fingerprint density at radius 3 is 2.57 bits per heavy atom. The van der Waals surface area contributed by atoms with Gasteiger partial charge in [0.05, 0.1) is 0 Å². The number of carbonyl (C=O) groups is 1. The smallest absolute Gasteiger partial charge is 0.329 e. The molecule has 0 fully saturated rings. The van der Waals surface area contributed by atoms with Crippen LogP contribution in [0.5, 0.6) is 0 Å². The van der Waals surface area contributed by atoms with Crippen LogP contribution in [-0.4, -0.2) is 16.8 Å². The van der Waals surface area contributed by atoms with Gasteiger partial charge >= 0.3 is 5.97 Å². The molecule has 0 aliphatic carbocycles. The maximum Gasteiger partial charge on any atom is 0.329 e. The van der Waals surface area contributed by atoms with E-state index in [0.29, 0.717) is 0 Å². The summed E-state index contributed by atoms with van der Waals surface area (Å²) in [4.78, 5) is 10.1. The number of carboxylic acid groups (broad SMARTS) is 1. The van der Waals surface area contributed by atoms with Crippen molar-refractivity contribution in [3.8, 4) is 0 Å². The summed E-state index contributed by atoms with van der Waals surface area (Å²) in [6.45, 7) is 8.19. The summed E-state index contributed by atoms with van der Waals surface area (Å²) >= 11 is 0. The Hall–Kier alpha value is -1.32. The van der Waals surface area contributed by atoms with Crippen LogP contribution >= 0.6 is 0 Å². The lowest BCUT2D eigenvalue weighted by molar-refractivity contribution is -0.131. The van der Waals surface area contributed by atoms with Crippen molar-refractivity contribution in [1.82, 2.24) is 5.43 Å². The molecule has 0 saturated carbocycles. The number of rotatable bonds is 5. The second-order valence-electron chi connectivity index (χ2n) is 3.74. The molecule has 0 unspecified atom stereocenters. The van der Waals surface area contributed by atoms with Crippen LogP contribution in [0.2, 0.25) is 0 Å². The SMILES string of the molecule is CCC(C)(C)C(C)=NNC=CC(=O)O. The molecule has 0 radical (unpaired) electrons. The summed E-state index contributed by atoms with van der Waals surface area (Å²) in [6.07, 6.45) is 3.31. The Morgan fingerprint density at radius 2 is 2.14 bits per heavy atom. The van der Waals surface area contributed by atoms with Gasteiger partial charge < -0.3 is 5.11 Å². The Bertz CT molecular complexity index is 255. The number of nitrogens with zero attached hydrogens (tertiary/aromatic N) is 1. The lowest BCUT2D eigenvalue weighted by Crippen LogP contribution is -2.22. The zero-order valence-electron chi connectivity index (χ0n) is 9.16. The highest BCUT2D eigenvalue weighted by Gasteiger charge is 2.18. The minimum atomic E-state index is -0.986. The van der Waals surface area contributed by atoms with Gasteiger partial charge in [-0.1, -0.05) is 20.8 Å². The van der Waals surface area contributed by atoms with Crippen LogP contribution in [0.4, 0.5) is 0 Å². The van der Waals surface area contributed by atoms with Gasteiger partial charge in [-0.3, -0.25) is 5.43 Å². The second-order valence-corrected chi connectivity index (χ2v) is 3.74. The van der Waals surface area contributed by atoms with E-state index >= 15 is 0 Å². The van der Waals surface area contributed by atoms with Crippen LogP contribution in [-0.2, 0) is 4.79 Å². The first kappa shape index (κ1) is 12.7. The molecule has 0 aromatic heterocycles.